The van der Waals surface area contributed by atoms with Crippen molar-refractivity contribution in [1.82, 2.24) is 18.8 Å². The Morgan fingerprint density at radius 1 is 1.31 bits per heavy atom. The Morgan fingerprint density at radius 3 is 2.59 bits per heavy atom. The Bertz CT molecular complexity index is 1140. The van der Waals surface area contributed by atoms with Crippen molar-refractivity contribution in [3.05, 3.63) is 23.5 Å². The summed E-state index contributed by atoms with van der Waals surface area (Å²) in [6.45, 7) is 4.92. The fourth-order valence-electron chi connectivity index (χ4n) is 3.97. The highest BCUT2D eigenvalue weighted by Gasteiger charge is 2.30. The number of aromatic nitrogens is 2. The number of primary amides is 1. The van der Waals surface area contributed by atoms with Gasteiger partial charge in [0.1, 0.15) is 5.82 Å². The number of nitrogens with two attached hydrogens (primary N) is 1. The summed E-state index contributed by atoms with van der Waals surface area (Å²) in [5.41, 5.74) is 7.26. The molecule has 0 radical (unpaired) electrons. The van der Waals surface area contributed by atoms with Crippen LogP contribution in [-0.4, -0.2) is 66.2 Å². The van der Waals surface area contributed by atoms with Crippen LogP contribution in [0.25, 0.3) is 11.0 Å². The first-order valence-electron chi connectivity index (χ1n) is 10.7. The van der Waals surface area contributed by atoms with Crippen LogP contribution in [0.1, 0.15) is 42.9 Å². The second-order valence-corrected chi connectivity index (χ2v) is 10.8. The molecular weight excluding hydrogens is 432 g/mol. The van der Waals surface area contributed by atoms with Gasteiger partial charge >= 0.3 is 10.2 Å². The third-order valence-corrected chi connectivity index (χ3v) is 7.18. The summed E-state index contributed by atoms with van der Waals surface area (Å²) in [7, 11) is 0.936. The maximum Gasteiger partial charge on any atom is 0.301 e. The monoisotopic (exact) mass is 464 g/mol. The van der Waals surface area contributed by atoms with Gasteiger partial charge in [0.25, 0.3) is 5.91 Å². The minimum atomic E-state index is -3.77. The number of aryl methyl sites for hydroxylation is 1. The van der Waals surface area contributed by atoms with Crippen LogP contribution in [-0.2, 0) is 28.5 Å². The van der Waals surface area contributed by atoms with Crippen LogP contribution in [0.15, 0.2) is 12.1 Å². The van der Waals surface area contributed by atoms with E-state index in [0.717, 1.165) is 10.1 Å². The van der Waals surface area contributed by atoms with E-state index in [0.29, 0.717) is 48.3 Å². The number of nitrogens with zero attached hydrogens (tertiary/aromatic N) is 4. The lowest BCUT2D eigenvalue weighted by molar-refractivity contribution is -0.123. The van der Waals surface area contributed by atoms with Crippen molar-refractivity contribution in [1.29, 1.82) is 0 Å². The Labute approximate surface area is 188 Å². The summed E-state index contributed by atoms with van der Waals surface area (Å²) in [6.07, 6.45) is 2.05. The number of carbonyl (C=O) groups is 2. The van der Waals surface area contributed by atoms with Crippen LogP contribution >= 0.6 is 0 Å². The first-order chi connectivity index (χ1) is 14.9. The predicted molar refractivity (Wildman–Crippen MR) is 123 cm³/mol. The first kappa shape index (κ1) is 24.0. The van der Waals surface area contributed by atoms with E-state index in [1.165, 1.54) is 14.1 Å². The zero-order valence-electron chi connectivity index (χ0n) is 19.3. The summed E-state index contributed by atoms with van der Waals surface area (Å²) in [6, 6.07) is 3.18. The number of nitrogens with one attached hydrogen (secondary N) is 1. The number of amides is 2. The Balaban J connectivity index is 2.11. The van der Waals surface area contributed by atoms with Gasteiger partial charge in [0, 0.05) is 40.7 Å². The minimum Gasteiger partial charge on any atom is -0.369 e. The largest absolute Gasteiger partial charge is 0.369 e. The van der Waals surface area contributed by atoms with Gasteiger partial charge in [0.2, 0.25) is 5.91 Å². The van der Waals surface area contributed by atoms with Gasteiger partial charge in [-0.25, -0.2) is 4.98 Å². The van der Waals surface area contributed by atoms with E-state index in [1.54, 1.807) is 17.0 Å². The van der Waals surface area contributed by atoms with Crippen LogP contribution in [0, 0.1) is 11.8 Å². The molecule has 1 aliphatic rings. The van der Waals surface area contributed by atoms with E-state index in [4.69, 9.17) is 5.73 Å². The molecule has 2 amide bonds. The van der Waals surface area contributed by atoms with E-state index in [9.17, 15) is 18.0 Å². The molecule has 1 aromatic heterocycles. The first-order valence-corrected chi connectivity index (χ1v) is 12.1. The van der Waals surface area contributed by atoms with Crippen LogP contribution in [0.5, 0.6) is 0 Å². The Kier molecular flexibility index (Phi) is 6.80. The maximum atomic E-state index is 13.6. The maximum absolute atomic E-state index is 13.6. The number of carbonyl (C=O) groups excluding carboxylic acids is 2. The van der Waals surface area contributed by atoms with Gasteiger partial charge in [-0.2, -0.15) is 12.7 Å². The van der Waals surface area contributed by atoms with Crippen molar-refractivity contribution in [2.45, 2.75) is 33.1 Å². The van der Waals surface area contributed by atoms with Crippen molar-refractivity contribution in [3.8, 4) is 0 Å². The van der Waals surface area contributed by atoms with Gasteiger partial charge in [-0.3, -0.25) is 14.3 Å². The Morgan fingerprint density at radius 2 is 2.00 bits per heavy atom. The van der Waals surface area contributed by atoms with E-state index in [2.05, 4.69) is 23.6 Å². The molecule has 0 spiro atoms. The normalized spacial score (nSPS) is 17.3. The van der Waals surface area contributed by atoms with Crippen molar-refractivity contribution < 1.29 is 18.0 Å². The van der Waals surface area contributed by atoms with Crippen molar-refractivity contribution >= 4 is 38.7 Å². The molecule has 32 heavy (non-hydrogen) atoms. The molecule has 11 heteroatoms. The fraction of sp³-hybridized carbons (Fsp3) is 0.571. The molecular formula is C21H32N6O4S. The van der Waals surface area contributed by atoms with Crippen LogP contribution in [0.3, 0.4) is 0 Å². The third kappa shape index (κ3) is 4.88. The van der Waals surface area contributed by atoms with Gasteiger partial charge in [-0.05, 0) is 30.9 Å². The molecule has 1 aromatic carbocycles. The zero-order chi connectivity index (χ0) is 23.8. The number of imidazole rings is 1. The Hall–Kier alpha value is -2.66. The molecule has 176 valence electrons. The van der Waals surface area contributed by atoms with Crippen LogP contribution in [0.2, 0.25) is 0 Å². The lowest BCUT2D eigenvalue weighted by Gasteiger charge is -2.31. The number of hydrogen-bond acceptors (Lipinski definition) is 5. The van der Waals surface area contributed by atoms with E-state index in [1.807, 2.05) is 11.6 Å². The smallest absolute Gasteiger partial charge is 0.301 e. The second kappa shape index (κ2) is 9.07. The third-order valence-electron chi connectivity index (χ3n) is 5.72. The number of hydrogen-bond donors (Lipinski definition) is 2. The molecule has 1 saturated heterocycles. The highest BCUT2D eigenvalue weighted by Crippen LogP contribution is 2.29. The highest BCUT2D eigenvalue weighted by atomic mass is 32.2. The molecule has 1 fully saturated rings. The molecule has 1 atom stereocenters. The van der Waals surface area contributed by atoms with E-state index in [-0.39, 0.29) is 24.1 Å². The summed E-state index contributed by atoms with van der Waals surface area (Å²) in [5, 5.41) is 0. The topological polar surface area (TPSA) is 131 Å². The van der Waals surface area contributed by atoms with Crippen molar-refractivity contribution in [2.24, 2.45) is 24.6 Å². The number of fused-ring (bicyclic) bond motifs is 1. The summed E-state index contributed by atoms with van der Waals surface area (Å²) in [5.74, 6) is 0.0904. The SMILES string of the molecule is CC(C)Cc1nc2cc(NS(=O)(=O)N(C)C)cc(C(=O)N3CCC[C@@H](C(N)=O)C3)c2n1C. The zero-order valence-corrected chi connectivity index (χ0v) is 20.1. The molecule has 0 unspecified atom stereocenters. The molecule has 3 rings (SSSR count). The van der Waals surface area contributed by atoms with Gasteiger partial charge < -0.3 is 15.2 Å². The standard InChI is InChI=1S/C21H32N6O4S/c1-13(2)9-18-23-17-11-15(24-32(30,31)25(3)4)10-16(19(17)26(18)5)21(29)27-8-6-7-14(12-27)20(22)28/h10-11,13-14,24H,6-9,12H2,1-5H3,(H2,22,28)/t14-/m1/s1. The van der Waals surface area contributed by atoms with E-state index < -0.39 is 16.1 Å². The number of likely N-dealkylation sites (tertiary alicyclic amines) is 1. The van der Waals surface area contributed by atoms with Gasteiger partial charge in [0.05, 0.1) is 28.2 Å². The molecule has 3 N–H and O–H groups in total. The highest BCUT2D eigenvalue weighted by molar-refractivity contribution is 7.90. The number of rotatable bonds is 7. The van der Waals surface area contributed by atoms with Crippen molar-refractivity contribution in [2.75, 3.05) is 31.9 Å². The van der Waals surface area contributed by atoms with Crippen LogP contribution < -0.4 is 10.5 Å². The van der Waals surface area contributed by atoms with Gasteiger partial charge in [-0.1, -0.05) is 13.8 Å². The predicted octanol–water partition coefficient (Wildman–Crippen LogP) is 1.33. The lowest BCUT2D eigenvalue weighted by atomic mass is 9.96. The summed E-state index contributed by atoms with van der Waals surface area (Å²) < 4.78 is 30.3. The van der Waals surface area contributed by atoms with Crippen molar-refractivity contribution in [3.63, 3.8) is 0 Å². The summed E-state index contributed by atoms with van der Waals surface area (Å²) in [4.78, 5) is 31.6. The minimum absolute atomic E-state index is 0.250. The average molecular weight is 465 g/mol. The summed E-state index contributed by atoms with van der Waals surface area (Å²) >= 11 is 0. The molecule has 2 heterocycles. The van der Waals surface area contributed by atoms with E-state index >= 15 is 0 Å². The number of piperidine rings is 1. The molecule has 0 saturated carbocycles. The van der Waals surface area contributed by atoms with Gasteiger partial charge in [0.15, 0.2) is 0 Å². The lowest BCUT2D eigenvalue weighted by Crippen LogP contribution is -2.44. The fourth-order valence-corrected chi connectivity index (χ4v) is 4.57. The molecule has 1 aliphatic heterocycles. The quantitative estimate of drug-likeness (QED) is 0.638. The molecule has 0 bridgehead atoms. The molecule has 2 aromatic rings. The second-order valence-electron chi connectivity index (χ2n) is 8.96. The number of anilines is 1. The molecule has 0 aliphatic carbocycles. The van der Waals surface area contributed by atoms with Crippen LogP contribution in [0.4, 0.5) is 5.69 Å². The average Bonchev–Trinajstić information content (AvgIpc) is 3.01. The molecule has 10 nitrogen and oxygen atoms in total. The number of benzene rings is 1. The van der Waals surface area contributed by atoms with Gasteiger partial charge in [-0.15, -0.1) is 0 Å².